The molecule has 18 heavy (non-hydrogen) atoms. The first kappa shape index (κ1) is 15.9. The van der Waals surface area contributed by atoms with Crippen LogP contribution < -0.4 is 11.3 Å². The fourth-order valence-electron chi connectivity index (χ4n) is 2.76. The molecule has 2 atom stereocenters. The Hall–Kier alpha value is -0.120. The molecule has 108 valence electrons. The van der Waals surface area contributed by atoms with E-state index >= 15 is 0 Å². The molecule has 3 nitrogen and oxygen atoms in total. The van der Waals surface area contributed by atoms with Crippen LogP contribution in [0, 0.1) is 0 Å². The van der Waals surface area contributed by atoms with Gasteiger partial charge in [-0.15, -0.1) is 0 Å². The Bertz CT molecular complexity index is 181. The van der Waals surface area contributed by atoms with Gasteiger partial charge in [-0.3, -0.25) is 11.3 Å². The van der Waals surface area contributed by atoms with Gasteiger partial charge in [-0.1, -0.05) is 51.9 Å². The van der Waals surface area contributed by atoms with Gasteiger partial charge in [0.2, 0.25) is 0 Å². The van der Waals surface area contributed by atoms with Crippen molar-refractivity contribution >= 4 is 0 Å². The quantitative estimate of drug-likeness (QED) is 0.338. The largest absolute Gasteiger partial charge is 0.378 e. The highest BCUT2D eigenvalue weighted by Crippen LogP contribution is 2.19. The van der Waals surface area contributed by atoms with Gasteiger partial charge in [-0.25, -0.2) is 0 Å². The van der Waals surface area contributed by atoms with Crippen LogP contribution in [-0.2, 0) is 4.74 Å². The number of ether oxygens (including phenoxy) is 1. The lowest BCUT2D eigenvalue weighted by atomic mass is 10.0. The van der Waals surface area contributed by atoms with Gasteiger partial charge in [0.05, 0.1) is 6.10 Å². The molecule has 0 aromatic heterocycles. The predicted molar refractivity (Wildman–Crippen MR) is 77.3 cm³/mol. The summed E-state index contributed by atoms with van der Waals surface area (Å²) >= 11 is 0. The molecule has 1 heterocycles. The molecule has 1 saturated heterocycles. The highest BCUT2D eigenvalue weighted by molar-refractivity contribution is 4.73. The highest BCUT2D eigenvalue weighted by Gasteiger charge is 2.19. The molecule has 0 aliphatic carbocycles. The van der Waals surface area contributed by atoms with Crippen molar-refractivity contribution in [3.63, 3.8) is 0 Å². The SMILES string of the molecule is CCCCCCCCCC(CC1CCCO1)NN. The van der Waals surface area contributed by atoms with E-state index in [4.69, 9.17) is 10.6 Å². The van der Waals surface area contributed by atoms with E-state index in [-0.39, 0.29) is 0 Å². The Morgan fingerprint density at radius 1 is 1.17 bits per heavy atom. The van der Waals surface area contributed by atoms with E-state index in [2.05, 4.69) is 12.3 Å². The minimum atomic E-state index is 0.448. The minimum absolute atomic E-state index is 0.448. The predicted octanol–water partition coefficient (Wildman–Crippen LogP) is 3.53. The standard InChI is InChI=1S/C15H32N2O/c1-2-3-4-5-6-7-8-10-14(17-16)13-15-11-9-12-18-15/h14-15,17H,2-13,16H2,1H3. The maximum atomic E-state index is 5.66. The number of hydrazine groups is 1. The van der Waals surface area contributed by atoms with Crippen LogP contribution in [0.1, 0.15) is 77.6 Å². The van der Waals surface area contributed by atoms with Crippen molar-refractivity contribution in [1.29, 1.82) is 0 Å². The molecule has 0 amide bonds. The van der Waals surface area contributed by atoms with E-state index in [0.717, 1.165) is 13.0 Å². The van der Waals surface area contributed by atoms with Crippen LogP contribution in [0.2, 0.25) is 0 Å². The van der Waals surface area contributed by atoms with Crippen molar-refractivity contribution in [2.45, 2.75) is 89.7 Å². The molecule has 0 saturated carbocycles. The Kier molecular flexibility index (Phi) is 9.54. The lowest BCUT2D eigenvalue weighted by Crippen LogP contribution is -2.37. The van der Waals surface area contributed by atoms with Crippen LogP contribution in [0.5, 0.6) is 0 Å². The van der Waals surface area contributed by atoms with Gasteiger partial charge >= 0.3 is 0 Å². The van der Waals surface area contributed by atoms with Crippen molar-refractivity contribution in [2.24, 2.45) is 5.84 Å². The molecule has 1 aliphatic heterocycles. The average molecular weight is 256 g/mol. The van der Waals surface area contributed by atoms with Crippen LogP contribution in [0.15, 0.2) is 0 Å². The van der Waals surface area contributed by atoms with Crippen molar-refractivity contribution in [3.05, 3.63) is 0 Å². The summed E-state index contributed by atoms with van der Waals surface area (Å²) in [5, 5.41) is 0. The topological polar surface area (TPSA) is 47.3 Å². The Balaban J connectivity index is 1.94. The van der Waals surface area contributed by atoms with Gasteiger partial charge in [0.25, 0.3) is 0 Å². The van der Waals surface area contributed by atoms with Crippen LogP contribution >= 0.6 is 0 Å². The fraction of sp³-hybridized carbons (Fsp3) is 1.00. The zero-order chi connectivity index (χ0) is 13.1. The van der Waals surface area contributed by atoms with Gasteiger partial charge < -0.3 is 4.74 Å². The highest BCUT2D eigenvalue weighted by atomic mass is 16.5. The van der Waals surface area contributed by atoms with Gasteiger partial charge in [-0.05, 0) is 25.7 Å². The second-order valence-corrected chi connectivity index (χ2v) is 5.64. The van der Waals surface area contributed by atoms with Crippen LogP contribution in [0.4, 0.5) is 0 Å². The summed E-state index contributed by atoms with van der Waals surface area (Å²) in [7, 11) is 0. The normalized spacial score (nSPS) is 21.3. The molecule has 1 aliphatic rings. The van der Waals surface area contributed by atoms with Gasteiger partial charge in [0.15, 0.2) is 0 Å². The summed E-state index contributed by atoms with van der Waals surface area (Å²) in [5.41, 5.74) is 2.96. The maximum Gasteiger partial charge on any atom is 0.0591 e. The molecule has 0 aromatic rings. The first-order chi connectivity index (χ1) is 8.86. The second-order valence-electron chi connectivity index (χ2n) is 5.64. The third-order valence-corrected chi connectivity index (χ3v) is 3.96. The Morgan fingerprint density at radius 2 is 1.89 bits per heavy atom. The first-order valence-corrected chi connectivity index (χ1v) is 7.94. The number of unbranched alkanes of at least 4 members (excludes halogenated alkanes) is 6. The third kappa shape index (κ3) is 7.34. The van der Waals surface area contributed by atoms with Crippen LogP contribution in [0.3, 0.4) is 0 Å². The molecule has 3 N–H and O–H groups in total. The monoisotopic (exact) mass is 256 g/mol. The van der Waals surface area contributed by atoms with Gasteiger partial charge in [0, 0.05) is 12.6 Å². The van der Waals surface area contributed by atoms with Crippen LogP contribution in [0.25, 0.3) is 0 Å². The molecule has 0 aromatic carbocycles. The summed E-state index contributed by atoms with van der Waals surface area (Å²) in [6, 6.07) is 0.448. The molecular weight excluding hydrogens is 224 g/mol. The number of nitrogens with one attached hydrogen (secondary N) is 1. The number of rotatable bonds is 11. The van der Waals surface area contributed by atoms with Crippen molar-refractivity contribution in [2.75, 3.05) is 6.61 Å². The van der Waals surface area contributed by atoms with Gasteiger partial charge in [0.1, 0.15) is 0 Å². The summed E-state index contributed by atoms with van der Waals surface area (Å²) in [6.07, 6.45) is 14.8. The average Bonchev–Trinajstić information content (AvgIpc) is 2.89. The molecule has 2 unspecified atom stereocenters. The van der Waals surface area contributed by atoms with E-state index in [0.29, 0.717) is 12.1 Å². The lowest BCUT2D eigenvalue weighted by Gasteiger charge is -2.19. The molecule has 0 spiro atoms. The van der Waals surface area contributed by atoms with E-state index in [1.165, 1.54) is 64.2 Å². The van der Waals surface area contributed by atoms with Gasteiger partial charge in [-0.2, -0.15) is 0 Å². The van der Waals surface area contributed by atoms with Crippen molar-refractivity contribution in [1.82, 2.24) is 5.43 Å². The summed E-state index contributed by atoms with van der Waals surface area (Å²) in [6.45, 7) is 3.21. The smallest absolute Gasteiger partial charge is 0.0591 e. The lowest BCUT2D eigenvalue weighted by molar-refractivity contribution is 0.0933. The number of nitrogens with two attached hydrogens (primary N) is 1. The number of hydrogen-bond donors (Lipinski definition) is 2. The van der Waals surface area contributed by atoms with E-state index in [9.17, 15) is 0 Å². The Labute approximate surface area is 113 Å². The van der Waals surface area contributed by atoms with Crippen LogP contribution in [-0.4, -0.2) is 18.8 Å². The summed E-state index contributed by atoms with van der Waals surface area (Å²) in [4.78, 5) is 0. The maximum absolute atomic E-state index is 5.66. The Morgan fingerprint density at radius 3 is 2.50 bits per heavy atom. The summed E-state index contributed by atoms with van der Waals surface area (Å²) < 4.78 is 5.66. The third-order valence-electron chi connectivity index (χ3n) is 3.96. The van der Waals surface area contributed by atoms with Crippen molar-refractivity contribution in [3.8, 4) is 0 Å². The van der Waals surface area contributed by atoms with E-state index in [1.54, 1.807) is 0 Å². The molecular formula is C15H32N2O. The zero-order valence-corrected chi connectivity index (χ0v) is 12.1. The molecule has 0 bridgehead atoms. The zero-order valence-electron chi connectivity index (χ0n) is 12.1. The molecule has 1 fully saturated rings. The summed E-state index contributed by atoms with van der Waals surface area (Å²) in [5.74, 6) is 5.63. The first-order valence-electron chi connectivity index (χ1n) is 7.94. The molecule has 3 heteroatoms. The number of hydrogen-bond acceptors (Lipinski definition) is 3. The molecule has 0 radical (unpaired) electrons. The fourth-order valence-corrected chi connectivity index (χ4v) is 2.76. The molecule has 1 rings (SSSR count). The second kappa shape index (κ2) is 10.8. The minimum Gasteiger partial charge on any atom is -0.378 e. The van der Waals surface area contributed by atoms with E-state index < -0.39 is 0 Å². The van der Waals surface area contributed by atoms with Crippen molar-refractivity contribution < 1.29 is 4.74 Å². The van der Waals surface area contributed by atoms with E-state index in [1.807, 2.05) is 0 Å².